The van der Waals surface area contributed by atoms with Crippen LogP contribution in [0, 0.1) is 0 Å². The van der Waals surface area contributed by atoms with Gasteiger partial charge in [0.25, 0.3) is 0 Å². The van der Waals surface area contributed by atoms with E-state index in [9.17, 15) is 0 Å². The molecule has 0 aliphatic carbocycles. The Bertz CT molecular complexity index is 6.00. The van der Waals surface area contributed by atoms with Crippen LogP contribution in [0.15, 0.2) is 0 Å². The van der Waals surface area contributed by atoms with Crippen molar-refractivity contribution in [2.45, 2.75) is 0 Å². The summed E-state index contributed by atoms with van der Waals surface area (Å²) in [7, 11) is -1.17. The summed E-state index contributed by atoms with van der Waals surface area (Å²) in [4.78, 5) is 15.6. The molecule has 0 radical (unpaired) electrons. The fourth-order valence-electron chi connectivity index (χ4n) is 0. The van der Waals surface area contributed by atoms with E-state index in [4.69, 9.17) is 9.79 Å². The van der Waals surface area contributed by atoms with Gasteiger partial charge in [0.15, 0.2) is 0 Å². The quantitative estimate of drug-likeness (QED) is 0.241. The zero-order valence-electron chi connectivity index (χ0n) is 2.36. The molecule has 4 heavy (non-hydrogen) atoms. The minimum absolute atomic E-state index is 0. The first kappa shape index (κ1) is 9.02. The second-order valence-electron chi connectivity index (χ2n) is 0.0913. The molecule has 0 aromatic carbocycles. The van der Waals surface area contributed by atoms with Gasteiger partial charge in [0, 0.05) is 0 Å². The summed E-state index contributed by atoms with van der Waals surface area (Å²) < 4.78 is 0. The summed E-state index contributed by atoms with van der Waals surface area (Å²) in [6, 6.07) is 0. The molecular formula is H2NaO2P. The van der Waals surface area contributed by atoms with Crippen molar-refractivity contribution in [3.8, 4) is 0 Å². The Labute approximate surface area is 48.5 Å². The molecule has 0 aliphatic heterocycles. The molecule has 0 spiro atoms. The van der Waals surface area contributed by atoms with Gasteiger partial charge in [0.05, 0.1) is 0 Å². The van der Waals surface area contributed by atoms with Gasteiger partial charge in [-0.15, -0.1) is 0 Å². The molecule has 0 heterocycles. The van der Waals surface area contributed by atoms with Crippen LogP contribution < -0.4 is 34.5 Å². The summed E-state index contributed by atoms with van der Waals surface area (Å²) in [5.74, 6) is 0. The van der Waals surface area contributed by atoms with Crippen molar-refractivity contribution in [3.63, 3.8) is 0 Å². The SMILES string of the molecule is [Na+].[O-]PO. The van der Waals surface area contributed by atoms with Crippen LogP contribution >= 0.6 is 9.03 Å². The van der Waals surface area contributed by atoms with Gasteiger partial charge >= 0.3 is 29.6 Å². The minimum Gasteiger partial charge on any atom is -0.811 e. The first-order valence-corrected chi connectivity index (χ1v) is 1.28. The molecule has 0 rings (SSSR count). The molecule has 0 saturated heterocycles. The van der Waals surface area contributed by atoms with Crippen LogP contribution in [0.25, 0.3) is 0 Å². The third-order valence-electron chi connectivity index (χ3n) is 0. The van der Waals surface area contributed by atoms with E-state index < -0.39 is 9.03 Å². The van der Waals surface area contributed by atoms with Crippen LogP contribution in [0.4, 0.5) is 0 Å². The normalized spacial score (nSPS) is 7.50. The fraction of sp³-hybridized carbons (Fsp3) is 0. The van der Waals surface area contributed by atoms with Gasteiger partial charge < -0.3 is 9.79 Å². The van der Waals surface area contributed by atoms with E-state index in [0.717, 1.165) is 0 Å². The van der Waals surface area contributed by atoms with E-state index in [1.165, 1.54) is 0 Å². The Morgan fingerprint density at radius 2 is 1.75 bits per heavy atom. The smallest absolute Gasteiger partial charge is 0.811 e. The maximum atomic E-state index is 8.51. The van der Waals surface area contributed by atoms with Crippen molar-refractivity contribution < 1.29 is 39.3 Å². The van der Waals surface area contributed by atoms with Crippen molar-refractivity contribution in [3.05, 3.63) is 0 Å². The predicted octanol–water partition coefficient (Wildman–Crippen LogP) is -4.15. The van der Waals surface area contributed by atoms with Gasteiger partial charge in [-0.2, -0.15) is 0 Å². The molecule has 20 valence electrons. The van der Waals surface area contributed by atoms with Crippen LogP contribution in [-0.4, -0.2) is 4.89 Å². The molecule has 0 aromatic rings. The molecule has 1 N–H and O–H groups in total. The van der Waals surface area contributed by atoms with Crippen LogP contribution in [0.2, 0.25) is 0 Å². The standard InChI is InChI=1S/Na.H2O2P/c;1-3-2/h;1,3H/q+1;-1. The van der Waals surface area contributed by atoms with Gasteiger partial charge in [0.1, 0.15) is 0 Å². The Hall–Kier alpha value is 1.35. The molecular weight excluding hydrogens is 86.0 g/mol. The van der Waals surface area contributed by atoms with E-state index >= 15 is 0 Å². The molecule has 1 atom stereocenters. The zero-order valence-corrected chi connectivity index (χ0v) is 5.36. The number of hydrogen-bond acceptors (Lipinski definition) is 2. The maximum absolute atomic E-state index is 8.51. The monoisotopic (exact) mass is 88.0 g/mol. The van der Waals surface area contributed by atoms with E-state index in [1.54, 1.807) is 0 Å². The Morgan fingerprint density at radius 1 is 1.75 bits per heavy atom. The van der Waals surface area contributed by atoms with Crippen LogP contribution in [0.5, 0.6) is 0 Å². The molecule has 4 heteroatoms. The first-order chi connectivity index (χ1) is 1.41. The Balaban J connectivity index is 0. The predicted molar refractivity (Wildman–Crippen MR) is 10.5 cm³/mol. The third kappa shape index (κ3) is 10.2. The topological polar surface area (TPSA) is 43.3 Å². The fourth-order valence-corrected chi connectivity index (χ4v) is 0. The summed E-state index contributed by atoms with van der Waals surface area (Å²) in [6.07, 6.45) is 0. The molecule has 1 unspecified atom stereocenters. The molecule has 0 aromatic heterocycles. The molecule has 0 saturated carbocycles. The molecule has 2 nitrogen and oxygen atoms in total. The van der Waals surface area contributed by atoms with Crippen molar-refractivity contribution in [1.82, 2.24) is 0 Å². The second-order valence-corrected chi connectivity index (χ2v) is 0.274. The third-order valence-corrected chi connectivity index (χ3v) is 0. The van der Waals surface area contributed by atoms with E-state index in [2.05, 4.69) is 0 Å². The summed E-state index contributed by atoms with van der Waals surface area (Å²) in [6.45, 7) is 0. The van der Waals surface area contributed by atoms with Gasteiger partial charge in [0.2, 0.25) is 0 Å². The number of rotatable bonds is 0. The number of hydrogen-bond donors (Lipinski definition) is 1. The van der Waals surface area contributed by atoms with Crippen LogP contribution in [-0.2, 0) is 0 Å². The van der Waals surface area contributed by atoms with Crippen LogP contribution in [0.3, 0.4) is 0 Å². The average molecular weight is 88.0 g/mol. The van der Waals surface area contributed by atoms with Crippen LogP contribution in [0.1, 0.15) is 0 Å². The summed E-state index contributed by atoms with van der Waals surface area (Å²) >= 11 is 0. The maximum Gasteiger partial charge on any atom is 1.00 e. The Morgan fingerprint density at radius 3 is 1.75 bits per heavy atom. The molecule has 0 bridgehead atoms. The van der Waals surface area contributed by atoms with Crippen molar-refractivity contribution in [1.29, 1.82) is 0 Å². The zero-order chi connectivity index (χ0) is 2.71. The Kier molecular flexibility index (Phi) is 19.9. The largest absolute Gasteiger partial charge is 1.00 e. The molecule has 0 fully saturated rings. The van der Waals surface area contributed by atoms with E-state index in [-0.39, 0.29) is 29.6 Å². The summed E-state index contributed by atoms with van der Waals surface area (Å²) in [5.41, 5.74) is 0. The van der Waals surface area contributed by atoms with Crippen molar-refractivity contribution in [2.75, 3.05) is 0 Å². The second kappa shape index (κ2) is 8.84. The van der Waals surface area contributed by atoms with Gasteiger partial charge in [-0.1, -0.05) is 9.03 Å². The van der Waals surface area contributed by atoms with Crippen molar-refractivity contribution >= 4 is 9.03 Å². The van der Waals surface area contributed by atoms with E-state index in [1.807, 2.05) is 0 Å². The average Bonchev–Trinajstić information content (AvgIpc) is 0.918. The first-order valence-electron chi connectivity index (χ1n) is 0.428. The minimum atomic E-state index is -1.17. The van der Waals surface area contributed by atoms with Gasteiger partial charge in [-0.25, -0.2) is 0 Å². The van der Waals surface area contributed by atoms with Gasteiger partial charge in [-0.3, -0.25) is 0 Å². The summed E-state index contributed by atoms with van der Waals surface area (Å²) in [5, 5.41) is 0. The van der Waals surface area contributed by atoms with Crippen molar-refractivity contribution in [2.24, 2.45) is 0 Å². The molecule has 0 aliphatic rings. The molecule has 0 amide bonds. The van der Waals surface area contributed by atoms with Gasteiger partial charge in [-0.05, 0) is 0 Å². The van der Waals surface area contributed by atoms with E-state index in [0.29, 0.717) is 0 Å².